The molecule has 0 N–H and O–H groups in total. The summed E-state index contributed by atoms with van der Waals surface area (Å²) in [6.45, 7) is 1.47. The number of pyridine rings is 1. The first-order chi connectivity index (χ1) is 15.1. The molecule has 0 saturated carbocycles. The summed E-state index contributed by atoms with van der Waals surface area (Å²) in [6, 6.07) is 20.5. The largest absolute Gasteiger partial charge is 0.497 e. The molecule has 1 aliphatic rings. The molecule has 1 aliphatic heterocycles. The third-order valence-corrected chi connectivity index (χ3v) is 5.94. The number of nitrogens with zero attached hydrogens (tertiary/aromatic N) is 2. The Morgan fingerprint density at radius 1 is 1.03 bits per heavy atom. The van der Waals surface area contributed by atoms with Gasteiger partial charge in [0, 0.05) is 36.8 Å². The number of carbonyl (C=O) groups is 1. The molecule has 4 rings (SSSR count). The van der Waals surface area contributed by atoms with Gasteiger partial charge in [0.15, 0.2) is 0 Å². The smallest absolute Gasteiger partial charge is 0.226 e. The average Bonchev–Trinajstić information content (AvgIpc) is 2.81. The van der Waals surface area contributed by atoms with Crippen LogP contribution in [0.15, 0.2) is 66.7 Å². The number of likely N-dealkylation sites (tertiary alicyclic amines) is 1. The van der Waals surface area contributed by atoms with E-state index in [0.717, 1.165) is 48.6 Å². The van der Waals surface area contributed by atoms with Crippen molar-refractivity contribution >= 4 is 5.91 Å². The molecule has 31 heavy (non-hydrogen) atoms. The highest BCUT2D eigenvalue weighted by Gasteiger charge is 2.24. The van der Waals surface area contributed by atoms with Gasteiger partial charge in [-0.1, -0.05) is 36.4 Å². The van der Waals surface area contributed by atoms with Crippen molar-refractivity contribution in [3.05, 3.63) is 95.1 Å². The van der Waals surface area contributed by atoms with Crippen molar-refractivity contribution in [3.8, 4) is 5.75 Å². The van der Waals surface area contributed by atoms with E-state index in [4.69, 9.17) is 9.72 Å². The van der Waals surface area contributed by atoms with Crippen molar-refractivity contribution in [1.29, 1.82) is 0 Å². The maximum atomic E-state index is 14.0. The van der Waals surface area contributed by atoms with Crippen molar-refractivity contribution in [3.63, 3.8) is 0 Å². The predicted octanol–water partition coefficient (Wildman–Crippen LogP) is 4.77. The van der Waals surface area contributed by atoms with Crippen molar-refractivity contribution in [1.82, 2.24) is 9.88 Å². The van der Waals surface area contributed by atoms with E-state index >= 15 is 0 Å². The molecule has 1 amide bonds. The minimum Gasteiger partial charge on any atom is -0.497 e. The van der Waals surface area contributed by atoms with Crippen LogP contribution >= 0.6 is 0 Å². The van der Waals surface area contributed by atoms with Crippen molar-refractivity contribution in [2.45, 2.75) is 31.6 Å². The first-order valence-electron chi connectivity index (χ1n) is 10.7. The molecule has 0 spiro atoms. The van der Waals surface area contributed by atoms with Crippen molar-refractivity contribution in [2.75, 3.05) is 20.2 Å². The molecule has 1 fully saturated rings. The minimum absolute atomic E-state index is 0.157. The van der Waals surface area contributed by atoms with E-state index in [-0.39, 0.29) is 11.7 Å². The molecular weight excluding hydrogens is 391 g/mol. The van der Waals surface area contributed by atoms with Gasteiger partial charge in [-0.15, -0.1) is 0 Å². The second-order valence-electron chi connectivity index (χ2n) is 8.00. The second-order valence-corrected chi connectivity index (χ2v) is 8.00. The SMILES string of the molecule is COc1ccc(CC(=O)N2CCC(c3cccc(Cc4ccccc4F)n3)CC2)cc1. The molecule has 160 valence electrons. The Morgan fingerprint density at radius 2 is 1.77 bits per heavy atom. The first-order valence-corrected chi connectivity index (χ1v) is 10.7. The van der Waals surface area contributed by atoms with Gasteiger partial charge in [-0.05, 0) is 54.3 Å². The highest BCUT2D eigenvalue weighted by Crippen LogP contribution is 2.27. The zero-order chi connectivity index (χ0) is 21.6. The number of halogens is 1. The Kier molecular flexibility index (Phi) is 6.60. The normalized spacial score (nSPS) is 14.5. The number of carbonyl (C=O) groups excluding carboxylic acids is 1. The summed E-state index contributed by atoms with van der Waals surface area (Å²) in [7, 11) is 1.63. The lowest BCUT2D eigenvalue weighted by molar-refractivity contribution is -0.131. The van der Waals surface area contributed by atoms with Gasteiger partial charge in [-0.3, -0.25) is 9.78 Å². The standard InChI is InChI=1S/C26H27FN2O2/c1-31-23-11-9-19(10-12-23)17-26(30)29-15-13-20(14-16-29)25-8-4-6-22(28-25)18-21-5-2-3-7-24(21)27/h2-12,20H,13-18H2,1H3. The zero-order valence-electron chi connectivity index (χ0n) is 17.8. The number of hydrogen-bond acceptors (Lipinski definition) is 3. The Bertz CT molecular complexity index is 1030. The third-order valence-electron chi connectivity index (χ3n) is 5.94. The van der Waals surface area contributed by atoms with Gasteiger partial charge >= 0.3 is 0 Å². The highest BCUT2D eigenvalue weighted by molar-refractivity contribution is 5.79. The monoisotopic (exact) mass is 418 g/mol. The number of rotatable bonds is 6. The van der Waals surface area contributed by atoms with Gasteiger partial charge in [-0.2, -0.15) is 0 Å². The van der Waals surface area contributed by atoms with E-state index in [2.05, 4.69) is 0 Å². The topological polar surface area (TPSA) is 42.4 Å². The second kappa shape index (κ2) is 9.73. The first kappa shape index (κ1) is 21.0. The number of hydrogen-bond donors (Lipinski definition) is 0. The molecule has 0 unspecified atom stereocenters. The van der Waals surface area contributed by atoms with Gasteiger partial charge in [0.05, 0.1) is 13.5 Å². The Balaban J connectivity index is 1.34. The molecule has 5 heteroatoms. The Morgan fingerprint density at radius 3 is 2.48 bits per heavy atom. The number of methoxy groups -OCH3 is 1. The fourth-order valence-electron chi connectivity index (χ4n) is 4.12. The lowest BCUT2D eigenvalue weighted by Crippen LogP contribution is -2.38. The quantitative estimate of drug-likeness (QED) is 0.579. The number of amides is 1. The average molecular weight is 419 g/mol. The summed E-state index contributed by atoms with van der Waals surface area (Å²) in [5.41, 5.74) is 3.57. The number of benzene rings is 2. The van der Waals surface area contributed by atoms with E-state index in [1.54, 1.807) is 19.2 Å². The number of piperidine rings is 1. The van der Waals surface area contributed by atoms with Crippen LogP contribution in [-0.2, 0) is 17.6 Å². The van der Waals surface area contributed by atoms with Crippen LogP contribution in [0, 0.1) is 5.82 Å². The van der Waals surface area contributed by atoms with Crippen molar-refractivity contribution in [2.24, 2.45) is 0 Å². The van der Waals surface area contributed by atoms with Crippen molar-refractivity contribution < 1.29 is 13.9 Å². The maximum absolute atomic E-state index is 14.0. The number of aromatic nitrogens is 1. The summed E-state index contributed by atoms with van der Waals surface area (Å²) in [4.78, 5) is 19.5. The van der Waals surface area contributed by atoms with Crippen LogP contribution in [0.4, 0.5) is 4.39 Å². The molecule has 1 saturated heterocycles. The lowest BCUT2D eigenvalue weighted by atomic mass is 9.92. The predicted molar refractivity (Wildman–Crippen MR) is 119 cm³/mol. The molecule has 0 radical (unpaired) electrons. The molecule has 2 heterocycles. The Labute approximate surface area is 182 Å². The maximum Gasteiger partial charge on any atom is 0.226 e. The molecule has 2 aromatic carbocycles. The summed E-state index contributed by atoms with van der Waals surface area (Å²) < 4.78 is 19.1. The molecule has 4 nitrogen and oxygen atoms in total. The number of ether oxygens (including phenoxy) is 1. The zero-order valence-corrected chi connectivity index (χ0v) is 17.8. The van der Waals surface area contributed by atoms with Crippen LogP contribution in [0.3, 0.4) is 0 Å². The van der Waals surface area contributed by atoms with Crippen LogP contribution in [-0.4, -0.2) is 36.0 Å². The molecule has 1 aromatic heterocycles. The lowest BCUT2D eigenvalue weighted by Gasteiger charge is -2.32. The summed E-state index contributed by atoms with van der Waals surface area (Å²) >= 11 is 0. The summed E-state index contributed by atoms with van der Waals surface area (Å²) in [5.74, 6) is 1.08. The molecule has 3 aromatic rings. The summed E-state index contributed by atoms with van der Waals surface area (Å²) in [5, 5.41) is 0. The molecular formula is C26H27FN2O2. The van der Waals surface area contributed by atoms with Gasteiger partial charge in [0.25, 0.3) is 0 Å². The van der Waals surface area contributed by atoms with Crippen LogP contribution in [0.1, 0.15) is 41.3 Å². The van der Waals surface area contributed by atoms with Gasteiger partial charge in [0.2, 0.25) is 5.91 Å². The van der Waals surface area contributed by atoms with E-state index in [9.17, 15) is 9.18 Å². The Hall–Kier alpha value is -3.21. The summed E-state index contributed by atoms with van der Waals surface area (Å²) in [6.07, 6.45) is 2.68. The minimum atomic E-state index is -0.196. The van der Waals surface area contributed by atoms with E-state index in [0.29, 0.717) is 24.3 Å². The van der Waals surface area contributed by atoms with Gasteiger partial charge < -0.3 is 9.64 Å². The fourth-order valence-corrected chi connectivity index (χ4v) is 4.12. The van der Waals surface area contributed by atoms with E-state index in [1.807, 2.05) is 53.4 Å². The fraction of sp³-hybridized carbons (Fsp3) is 0.308. The van der Waals surface area contributed by atoms with E-state index in [1.165, 1.54) is 6.07 Å². The van der Waals surface area contributed by atoms with Crippen LogP contribution in [0.25, 0.3) is 0 Å². The van der Waals surface area contributed by atoms with Gasteiger partial charge in [-0.25, -0.2) is 4.39 Å². The van der Waals surface area contributed by atoms with Crippen LogP contribution in [0.2, 0.25) is 0 Å². The van der Waals surface area contributed by atoms with E-state index < -0.39 is 0 Å². The van der Waals surface area contributed by atoms with Crippen LogP contribution < -0.4 is 4.74 Å². The van der Waals surface area contributed by atoms with Gasteiger partial charge in [0.1, 0.15) is 11.6 Å². The highest BCUT2D eigenvalue weighted by atomic mass is 19.1. The molecule has 0 bridgehead atoms. The third kappa shape index (κ3) is 5.29. The molecule has 0 atom stereocenters. The molecule has 0 aliphatic carbocycles. The van der Waals surface area contributed by atoms with Crippen LogP contribution in [0.5, 0.6) is 5.75 Å².